The summed E-state index contributed by atoms with van der Waals surface area (Å²) in [6, 6.07) is 8.80. The second kappa shape index (κ2) is 10.2. The molecule has 0 bridgehead atoms. The zero-order valence-corrected chi connectivity index (χ0v) is 20.7. The number of furan rings is 1. The average molecular weight is 492 g/mol. The molecule has 1 aromatic carbocycles. The molecule has 1 fully saturated rings. The number of carbonyl (C=O) groups excluding carboxylic acids is 1. The first-order chi connectivity index (χ1) is 17.0. The normalized spacial score (nSPS) is 16.4. The van der Waals surface area contributed by atoms with Gasteiger partial charge in [-0.25, -0.2) is 4.99 Å². The second-order valence-corrected chi connectivity index (χ2v) is 10.5. The third-order valence-corrected chi connectivity index (χ3v) is 8.22. The van der Waals surface area contributed by atoms with E-state index in [9.17, 15) is 14.9 Å². The van der Waals surface area contributed by atoms with E-state index in [1.165, 1.54) is 30.2 Å². The molecule has 0 atom stereocenters. The minimum Gasteiger partial charge on any atom is -0.455 e. The largest absolute Gasteiger partial charge is 0.455 e. The van der Waals surface area contributed by atoms with Crippen molar-refractivity contribution in [1.29, 1.82) is 0 Å². The number of rotatable bonds is 6. The van der Waals surface area contributed by atoms with Crippen molar-refractivity contribution < 1.29 is 14.1 Å². The van der Waals surface area contributed by atoms with E-state index in [1.807, 2.05) is 6.07 Å². The van der Waals surface area contributed by atoms with Crippen molar-refractivity contribution >= 4 is 34.1 Å². The van der Waals surface area contributed by atoms with Crippen LogP contribution >= 0.6 is 11.3 Å². The molecule has 8 heteroatoms. The Kier molecular flexibility index (Phi) is 6.81. The molecule has 3 aromatic rings. The highest BCUT2D eigenvalue weighted by atomic mass is 32.1. The average Bonchev–Trinajstić information content (AvgIpc) is 3.48. The van der Waals surface area contributed by atoms with Gasteiger partial charge in [-0.05, 0) is 63.1 Å². The van der Waals surface area contributed by atoms with Gasteiger partial charge in [0.2, 0.25) is 0 Å². The number of benzene rings is 1. The van der Waals surface area contributed by atoms with Gasteiger partial charge in [-0.2, -0.15) is 0 Å². The molecule has 0 radical (unpaired) electrons. The van der Waals surface area contributed by atoms with Gasteiger partial charge < -0.3 is 9.73 Å². The lowest BCUT2D eigenvalue weighted by Crippen LogP contribution is -2.36. The van der Waals surface area contributed by atoms with E-state index in [1.54, 1.807) is 42.7 Å². The Hall–Kier alpha value is -3.26. The molecule has 182 valence electrons. The van der Waals surface area contributed by atoms with Crippen molar-refractivity contribution in [2.75, 3.05) is 0 Å². The predicted octanol–water partition coefficient (Wildman–Crippen LogP) is 6.92. The maximum atomic E-state index is 13.3. The maximum absolute atomic E-state index is 13.3. The van der Waals surface area contributed by atoms with Gasteiger partial charge in [0, 0.05) is 28.1 Å². The number of hydrogen-bond acceptors (Lipinski definition) is 6. The summed E-state index contributed by atoms with van der Waals surface area (Å²) in [5.41, 5.74) is 3.19. The SMILES string of the molecule is Cc1c(-c2ccc(C=Nc3sc4c(c3C(=O)NC3CCCCC3)CCCC4)o2)cccc1[N+](=O)[O-]. The van der Waals surface area contributed by atoms with Gasteiger partial charge >= 0.3 is 0 Å². The van der Waals surface area contributed by atoms with E-state index in [0.29, 0.717) is 22.6 Å². The minimum atomic E-state index is -0.386. The molecule has 2 aliphatic rings. The van der Waals surface area contributed by atoms with Crippen LogP contribution in [0.25, 0.3) is 11.3 Å². The smallest absolute Gasteiger partial charge is 0.273 e. The number of aryl methyl sites for hydroxylation is 1. The highest BCUT2D eigenvalue weighted by molar-refractivity contribution is 7.16. The Balaban J connectivity index is 1.41. The molecule has 0 aliphatic heterocycles. The van der Waals surface area contributed by atoms with Crippen LogP contribution in [0.1, 0.15) is 77.1 Å². The summed E-state index contributed by atoms with van der Waals surface area (Å²) in [7, 11) is 0. The molecule has 0 unspecified atom stereocenters. The Morgan fingerprint density at radius 1 is 1.14 bits per heavy atom. The van der Waals surface area contributed by atoms with E-state index in [2.05, 4.69) is 5.32 Å². The molecule has 1 N–H and O–H groups in total. The van der Waals surface area contributed by atoms with Gasteiger partial charge in [-0.15, -0.1) is 11.3 Å². The highest BCUT2D eigenvalue weighted by Gasteiger charge is 2.27. The lowest BCUT2D eigenvalue weighted by Gasteiger charge is -2.23. The van der Waals surface area contributed by atoms with E-state index >= 15 is 0 Å². The first-order valence-corrected chi connectivity index (χ1v) is 13.2. The lowest BCUT2D eigenvalue weighted by atomic mass is 9.93. The van der Waals surface area contributed by atoms with Crippen LogP contribution in [0.15, 0.2) is 39.7 Å². The number of amides is 1. The molecule has 2 aromatic heterocycles. The fourth-order valence-corrected chi connectivity index (χ4v) is 6.39. The van der Waals surface area contributed by atoms with Crippen molar-refractivity contribution in [1.82, 2.24) is 5.32 Å². The van der Waals surface area contributed by atoms with Crippen LogP contribution in [-0.2, 0) is 12.8 Å². The molecule has 2 aliphatic carbocycles. The molecule has 7 nitrogen and oxygen atoms in total. The van der Waals surface area contributed by atoms with Crippen molar-refractivity contribution in [3.05, 3.63) is 67.8 Å². The number of carbonyl (C=O) groups is 1. The van der Waals surface area contributed by atoms with Crippen LogP contribution in [0.5, 0.6) is 0 Å². The minimum absolute atomic E-state index is 0.00389. The molecular formula is C27H29N3O4S. The van der Waals surface area contributed by atoms with Gasteiger partial charge in [0.15, 0.2) is 0 Å². The zero-order valence-electron chi connectivity index (χ0n) is 19.8. The molecule has 0 saturated heterocycles. The van der Waals surface area contributed by atoms with Gasteiger partial charge in [0.05, 0.1) is 16.7 Å². The summed E-state index contributed by atoms with van der Waals surface area (Å²) in [4.78, 5) is 30.2. The number of thiophene rings is 1. The van der Waals surface area contributed by atoms with Crippen molar-refractivity contribution in [3.63, 3.8) is 0 Å². The molecule has 2 heterocycles. The standard InChI is InChI=1S/C27H29N3O4S/c1-17-20(11-7-12-22(17)30(32)33)23-15-14-19(34-23)16-28-27-25(21-10-5-6-13-24(21)35-27)26(31)29-18-8-3-2-4-9-18/h7,11-12,14-16,18H,2-6,8-10,13H2,1H3,(H,29,31). The first kappa shape index (κ1) is 23.5. The van der Waals surface area contributed by atoms with Crippen LogP contribution in [0.2, 0.25) is 0 Å². The molecular weight excluding hydrogens is 462 g/mol. The third kappa shape index (κ3) is 4.93. The van der Waals surface area contributed by atoms with Crippen LogP contribution in [0.4, 0.5) is 10.7 Å². The Morgan fingerprint density at radius 3 is 2.74 bits per heavy atom. The molecule has 1 saturated carbocycles. The Morgan fingerprint density at radius 2 is 1.94 bits per heavy atom. The number of hydrogen-bond donors (Lipinski definition) is 1. The number of nitro benzene ring substituents is 1. The van der Waals surface area contributed by atoms with E-state index in [-0.39, 0.29) is 22.6 Å². The lowest BCUT2D eigenvalue weighted by molar-refractivity contribution is -0.385. The fourth-order valence-electron chi connectivity index (χ4n) is 5.16. The number of aliphatic imine (C=N–C) groups is 1. The second-order valence-electron chi connectivity index (χ2n) is 9.37. The van der Waals surface area contributed by atoms with Crippen LogP contribution in [0, 0.1) is 17.0 Å². The number of nitrogens with one attached hydrogen (secondary N) is 1. The summed E-state index contributed by atoms with van der Waals surface area (Å²) in [6.45, 7) is 1.72. The van der Waals surface area contributed by atoms with Crippen LogP contribution < -0.4 is 5.32 Å². The Labute approximate surface area is 208 Å². The summed E-state index contributed by atoms with van der Waals surface area (Å²) in [5, 5.41) is 15.3. The monoisotopic (exact) mass is 491 g/mol. The summed E-state index contributed by atoms with van der Waals surface area (Å²) in [6.07, 6.45) is 11.5. The Bertz CT molecular complexity index is 1280. The zero-order chi connectivity index (χ0) is 24.4. The van der Waals surface area contributed by atoms with Crippen molar-refractivity contribution in [2.24, 2.45) is 4.99 Å². The number of fused-ring (bicyclic) bond motifs is 1. The quantitative estimate of drug-likeness (QED) is 0.230. The summed E-state index contributed by atoms with van der Waals surface area (Å²) in [5.74, 6) is 1.08. The van der Waals surface area contributed by atoms with Gasteiger partial charge in [-0.1, -0.05) is 31.4 Å². The molecule has 0 spiro atoms. The van der Waals surface area contributed by atoms with Crippen LogP contribution in [-0.4, -0.2) is 23.1 Å². The van der Waals surface area contributed by atoms with Crippen molar-refractivity contribution in [2.45, 2.75) is 70.8 Å². The van der Waals surface area contributed by atoms with Gasteiger partial charge in [0.1, 0.15) is 16.5 Å². The summed E-state index contributed by atoms with van der Waals surface area (Å²) >= 11 is 1.61. The number of nitro groups is 1. The first-order valence-electron chi connectivity index (χ1n) is 12.3. The van der Waals surface area contributed by atoms with Crippen molar-refractivity contribution in [3.8, 4) is 11.3 Å². The molecule has 1 amide bonds. The highest BCUT2D eigenvalue weighted by Crippen LogP contribution is 2.40. The van der Waals surface area contributed by atoms with Crippen LogP contribution in [0.3, 0.4) is 0 Å². The van der Waals surface area contributed by atoms with E-state index < -0.39 is 0 Å². The third-order valence-electron chi connectivity index (χ3n) is 7.02. The maximum Gasteiger partial charge on any atom is 0.273 e. The van der Waals surface area contributed by atoms with Gasteiger partial charge in [0.25, 0.3) is 11.6 Å². The predicted molar refractivity (Wildman–Crippen MR) is 138 cm³/mol. The molecule has 5 rings (SSSR count). The fraction of sp³-hybridized carbons (Fsp3) is 0.407. The van der Waals surface area contributed by atoms with E-state index in [4.69, 9.17) is 9.41 Å². The molecule has 35 heavy (non-hydrogen) atoms. The van der Waals surface area contributed by atoms with Gasteiger partial charge in [-0.3, -0.25) is 14.9 Å². The number of nitrogens with zero attached hydrogens (tertiary/aromatic N) is 2. The summed E-state index contributed by atoms with van der Waals surface area (Å²) < 4.78 is 5.96. The van der Waals surface area contributed by atoms with E-state index in [0.717, 1.165) is 54.7 Å². The topological polar surface area (TPSA) is 97.7 Å².